The van der Waals surface area contributed by atoms with Crippen molar-refractivity contribution in [3.8, 4) is 5.75 Å². The average molecular weight is 456 g/mol. The number of hydrogen-bond donors (Lipinski definition) is 0. The highest BCUT2D eigenvalue weighted by molar-refractivity contribution is 7.88. The summed E-state index contributed by atoms with van der Waals surface area (Å²) in [4.78, 5) is 15.8. The number of anilines is 1. The molecular weight excluding hydrogens is 426 g/mol. The Bertz CT molecular complexity index is 1090. The van der Waals surface area contributed by atoms with Crippen LogP contribution >= 0.6 is 0 Å². The van der Waals surface area contributed by atoms with Crippen molar-refractivity contribution >= 4 is 21.5 Å². The van der Waals surface area contributed by atoms with Crippen LogP contribution in [0, 0.1) is 17.8 Å². The van der Waals surface area contributed by atoms with E-state index >= 15 is 0 Å². The highest BCUT2D eigenvalue weighted by Crippen LogP contribution is 2.52. The number of pyridine rings is 1. The van der Waals surface area contributed by atoms with Crippen LogP contribution in [0.3, 0.4) is 0 Å². The van der Waals surface area contributed by atoms with E-state index in [-0.39, 0.29) is 0 Å². The zero-order valence-electron chi connectivity index (χ0n) is 18.5. The third-order valence-corrected chi connectivity index (χ3v) is 8.17. The fourth-order valence-corrected chi connectivity index (χ4v) is 5.55. The van der Waals surface area contributed by atoms with Gasteiger partial charge in [0.15, 0.2) is 0 Å². The van der Waals surface area contributed by atoms with Crippen molar-refractivity contribution in [3.63, 3.8) is 0 Å². The van der Waals surface area contributed by atoms with Crippen LogP contribution in [0.1, 0.15) is 24.6 Å². The number of aromatic nitrogens is 3. The normalized spacial score (nSPS) is 25.4. The Hall–Kier alpha value is -2.52. The molecule has 5 rings (SSSR count). The maximum absolute atomic E-state index is 11.6. The van der Waals surface area contributed by atoms with Gasteiger partial charge < -0.3 is 9.64 Å². The van der Waals surface area contributed by atoms with Gasteiger partial charge in [0.25, 0.3) is 0 Å². The van der Waals surface area contributed by atoms with Crippen molar-refractivity contribution in [1.29, 1.82) is 0 Å². The van der Waals surface area contributed by atoms with E-state index in [4.69, 9.17) is 4.74 Å². The molecule has 1 saturated heterocycles. The second-order valence-corrected chi connectivity index (χ2v) is 10.9. The Morgan fingerprint density at radius 2 is 1.84 bits per heavy atom. The standard InChI is InChI=1S/C23H29N5O3S/c1-3-16-10-25-23(26-11-16)27-13-19-20(14-27)21(19)15-31-18-4-5-22(24-12-18)17-6-8-28(9-7-17)32(2,29)30/h4-6,10-12,19-21H,3,7-9,13-15H2,1-2H3. The molecule has 170 valence electrons. The highest BCUT2D eigenvalue weighted by Gasteiger charge is 2.56. The van der Waals surface area contributed by atoms with Gasteiger partial charge in [0.1, 0.15) is 5.75 Å². The van der Waals surface area contributed by atoms with Gasteiger partial charge in [-0.25, -0.2) is 18.4 Å². The average Bonchev–Trinajstić information content (AvgIpc) is 3.26. The van der Waals surface area contributed by atoms with Crippen molar-refractivity contribution in [2.24, 2.45) is 17.8 Å². The van der Waals surface area contributed by atoms with E-state index in [0.717, 1.165) is 42.5 Å². The number of fused-ring (bicyclic) bond motifs is 1. The van der Waals surface area contributed by atoms with E-state index in [2.05, 4.69) is 26.8 Å². The summed E-state index contributed by atoms with van der Waals surface area (Å²) >= 11 is 0. The van der Waals surface area contributed by atoms with Crippen LogP contribution < -0.4 is 9.64 Å². The fraction of sp³-hybridized carbons (Fsp3) is 0.522. The van der Waals surface area contributed by atoms with E-state index in [1.807, 2.05) is 30.6 Å². The third-order valence-electron chi connectivity index (χ3n) is 6.90. The Kier molecular flexibility index (Phi) is 5.63. The topological polar surface area (TPSA) is 88.5 Å². The van der Waals surface area contributed by atoms with Crippen LogP contribution in [0.15, 0.2) is 36.8 Å². The Balaban J connectivity index is 1.10. The van der Waals surface area contributed by atoms with Crippen LogP contribution in [-0.2, 0) is 16.4 Å². The van der Waals surface area contributed by atoms with Crippen LogP contribution in [0.4, 0.5) is 5.95 Å². The number of ether oxygens (including phenoxy) is 1. The largest absolute Gasteiger partial charge is 0.492 e. The van der Waals surface area contributed by atoms with Crippen molar-refractivity contribution in [3.05, 3.63) is 48.1 Å². The highest BCUT2D eigenvalue weighted by atomic mass is 32.2. The van der Waals surface area contributed by atoms with Gasteiger partial charge in [-0.3, -0.25) is 4.98 Å². The minimum absolute atomic E-state index is 0.406. The summed E-state index contributed by atoms with van der Waals surface area (Å²) in [7, 11) is -3.14. The molecule has 1 saturated carbocycles. The molecule has 2 aliphatic heterocycles. The van der Waals surface area contributed by atoms with Gasteiger partial charge >= 0.3 is 0 Å². The first-order chi connectivity index (χ1) is 15.4. The summed E-state index contributed by atoms with van der Waals surface area (Å²) < 4.78 is 30.8. The number of sulfonamides is 1. The minimum Gasteiger partial charge on any atom is -0.492 e. The molecule has 3 aliphatic rings. The summed E-state index contributed by atoms with van der Waals surface area (Å²) in [6.07, 6.45) is 10.5. The van der Waals surface area contributed by atoms with Gasteiger partial charge in [-0.1, -0.05) is 13.0 Å². The van der Waals surface area contributed by atoms with Gasteiger partial charge in [0.05, 0.1) is 24.8 Å². The molecule has 4 heterocycles. The second-order valence-electron chi connectivity index (χ2n) is 8.93. The molecule has 8 nitrogen and oxygen atoms in total. The maximum Gasteiger partial charge on any atom is 0.225 e. The van der Waals surface area contributed by atoms with Gasteiger partial charge in [0, 0.05) is 44.5 Å². The SMILES string of the molecule is CCc1cnc(N2CC3C(COc4ccc(C5=CCN(S(C)(=O)=O)CC5)nc4)C3C2)nc1. The van der Waals surface area contributed by atoms with Crippen molar-refractivity contribution in [2.45, 2.75) is 19.8 Å². The van der Waals surface area contributed by atoms with Crippen LogP contribution in [0.5, 0.6) is 5.75 Å². The van der Waals surface area contributed by atoms with Crippen LogP contribution in [0.25, 0.3) is 5.57 Å². The molecule has 32 heavy (non-hydrogen) atoms. The molecule has 1 aliphatic carbocycles. The van der Waals surface area contributed by atoms with Crippen molar-refractivity contribution in [1.82, 2.24) is 19.3 Å². The van der Waals surface area contributed by atoms with Crippen LogP contribution in [0.2, 0.25) is 0 Å². The van der Waals surface area contributed by atoms with Crippen LogP contribution in [-0.4, -0.2) is 66.7 Å². The molecule has 2 fully saturated rings. The summed E-state index contributed by atoms with van der Waals surface area (Å²) in [6.45, 7) is 5.73. The molecule has 0 spiro atoms. The lowest BCUT2D eigenvalue weighted by atomic mass is 10.1. The van der Waals surface area contributed by atoms with E-state index in [1.54, 1.807) is 6.20 Å². The zero-order valence-corrected chi connectivity index (χ0v) is 19.3. The number of piperidine rings is 1. The van der Waals surface area contributed by atoms with Gasteiger partial charge in [-0.2, -0.15) is 4.31 Å². The molecular formula is C23H29N5O3S. The number of nitrogens with zero attached hydrogens (tertiary/aromatic N) is 5. The fourth-order valence-electron chi connectivity index (χ4n) is 4.79. The van der Waals surface area contributed by atoms with E-state index in [1.165, 1.54) is 16.1 Å². The van der Waals surface area contributed by atoms with E-state index in [0.29, 0.717) is 43.9 Å². The monoisotopic (exact) mass is 455 g/mol. The zero-order chi connectivity index (χ0) is 22.3. The molecule has 0 bridgehead atoms. The lowest BCUT2D eigenvalue weighted by molar-refractivity contribution is 0.282. The predicted molar refractivity (Wildman–Crippen MR) is 123 cm³/mol. The molecule has 2 aromatic heterocycles. The van der Waals surface area contributed by atoms with Gasteiger partial charge in [-0.15, -0.1) is 0 Å². The predicted octanol–water partition coefficient (Wildman–Crippen LogP) is 2.24. The maximum atomic E-state index is 11.6. The lowest BCUT2D eigenvalue weighted by Gasteiger charge is -2.23. The number of hydrogen-bond acceptors (Lipinski definition) is 7. The molecule has 9 heteroatoms. The Morgan fingerprint density at radius 1 is 1.09 bits per heavy atom. The molecule has 2 unspecified atom stereocenters. The third kappa shape index (κ3) is 4.36. The van der Waals surface area contributed by atoms with E-state index in [9.17, 15) is 8.42 Å². The Labute approximate surface area is 189 Å². The quantitative estimate of drug-likeness (QED) is 0.633. The molecule has 0 aromatic carbocycles. The Morgan fingerprint density at radius 3 is 2.41 bits per heavy atom. The minimum atomic E-state index is -3.14. The van der Waals surface area contributed by atoms with Crippen molar-refractivity contribution in [2.75, 3.05) is 43.9 Å². The summed E-state index contributed by atoms with van der Waals surface area (Å²) in [6, 6.07) is 3.92. The molecule has 0 N–H and O–H groups in total. The summed E-state index contributed by atoms with van der Waals surface area (Å²) in [5, 5.41) is 0. The van der Waals surface area contributed by atoms with Gasteiger partial charge in [0.2, 0.25) is 16.0 Å². The van der Waals surface area contributed by atoms with Gasteiger partial charge in [-0.05, 0) is 47.9 Å². The number of aryl methyl sites for hydroxylation is 1. The second kappa shape index (κ2) is 8.44. The smallest absolute Gasteiger partial charge is 0.225 e. The first-order valence-electron chi connectivity index (χ1n) is 11.2. The summed E-state index contributed by atoms with van der Waals surface area (Å²) in [5.41, 5.74) is 3.14. The van der Waals surface area contributed by atoms with E-state index < -0.39 is 10.0 Å². The first-order valence-corrected chi connectivity index (χ1v) is 13.1. The first kappa shape index (κ1) is 21.3. The molecule has 2 atom stereocenters. The van der Waals surface area contributed by atoms with Crippen molar-refractivity contribution < 1.29 is 13.2 Å². The molecule has 2 aromatic rings. The molecule has 0 amide bonds. The molecule has 0 radical (unpaired) electrons. The summed E-state index contributed by atoms with van der Waals surface area (Å²) in [5.74, 6) is 3.52. The number of rotatable bonds is 7. The lowest BCUT2D eigenvalue weighted by Crippen LogP contribution is -2.33.